The van der Waals surface area contributed by atoms with Crippen molar-refractivity contribution < 1.29 is 17.7 Å². The molecule has 0 fully saturated rings. The highest BCUT2D eigenvalue weighted by Gasteiger charge is 2.37. The van der Waals surface area contributed by atoms with E-state index in [4.69, 9.17) is 0 Å². The topological polar surface area (TPSA) is 17.1 Å². The van der Waals surface area contributed by atoms with Crippen molar-refractivity contribution in [1.29, 1.82) is 0 Å². The average molecular weight is 488 g/mol. The van der Waals surface area contributed by atoms with E-state index in [0.717, 1.165) is 44.8 Å². The van der Waals surface area contributed by atoms with Gasteiger partial charge in [0.15, 0.2) is 7.14 Å². The Morgan fingerprint density at radius 1 is 0.600 bits per heavy atom. The van der Waals surface area contributed by atoms with Crippen LogP contribution in [0.3, 0.4) is 0 Å². The van der Waals surface area contributed by atoms with Crippen LogP contribution in [0.1, 0.15) is 22.3 Å². The summed E-state index contributed by atoms with van der Waals surface area (Å²) in [4.78, 5) is 0. The maximum absolute atomic E-state index is 15.4. The number of hydrogen-bond acceptors (Lipinski definition) is 1. The Hall–Kier alpha value is -3.36. The van der Waals surface area contributed by atoms with Gasteiger partial charge in [-0.25, -0.2) is 0 Å². The first-order chi connectivity index (χ1) is 16.6. The molecule has 0 aromatic heterocycles. The minimum absolute atomic E-state index is 0.190. The van der Waals surface area contributed by atoms with Gasteiger partial charge in [0.1, 0.15) is 0 Å². The minimum atomic E-state index is -4.54. The Bertz CT molecular complexity index is 1630. The van der Waals surface area contributed by atoms with Crippen LogP contribution >= 0.6 is 7.14 Å². The first-order valence-corrected chi connectivity index (χ1v) is 13.1. The van der Waals surface area contributed by atoms with Crippen molar-refractivity contribution in [3.8, 4) is 0 Å². The smallest absolute Gasteiger partial charge is 0.309 e. The third-order valence-corrected chi connectivity index (χ3v) is 9.43. The summed E-state index contributed by atoms with van der Waals surface area (Å²) in [5.41, 5.74) is 1.45. The highest BCUT2D eigenvalue weighted by Crippen LogP contribution is 2.47. The standard InChI is InChI=1S/C30H24F3OP/c1-19-12-20(2)15-24(14-19)35(34,25-16-21(3)13-23(18-25)30(31,32)33)29-17-22-8-4-5-9-26(22)27-10-6-7-11-28(27)29/h4-18H,1-3H3. The van der Waals surface area contributed by atoms with Crippen molar-refractivity contribution in [3.63, 3.8) is 0 Å². The Morgan fingerprint density at radius 2 is 1.11 bits per heavy atom. The van der Waals surface area contributed by atoms with Crippen LogP contribution in [0.4, 0.5) is 13.2 Å². The van der Waals surface area contributed by atoms with Gasteiger partial charge in [0.2, 0.25) is 0 Å². The first kappa shape index (κ1) is 23.4. The molecule has 176 valence electrons. The molecule has 1 unspecified atom stereocenters. The van der Waals surface area contributed by atoms with Crippen molar-refractivity contribution in [3.05, 3.63) is 113 Å². The molecule has 0 aliphatic rings. The van der Waals surface area contributed by atoms with Crippen molar-refractivity contribution >= 4 is 44.6 Å². The van der Waals surface area contributed by atoms with E-state index < -0.39 is 18.9 Å². The lowest BCUT2D eigenvalue weighted by molar-refractivity contribution is -0.137. The molecule has 0 aliphatic carbocycles. The second-order valence-corrected chi connectivity index (χ2v) is 11.9. The summed E-state index contributed by atoms with van der Waals surface area (Å²) in [6, 6.07) is 26.9. The van der Waals surface area contributed by atoms with E-state index in [2.05, 4.69) is 0 Å². The predicted molar refractivity (Wildman–Crippen MR) is 140 cm³/mol. The van der Waals surface area contributed by atoms with Gasteiger partial charge in [0, 0.05) is 15.9 Å². The Balaban J connectivity index is 1.97. The molecule has 0 amide bonds. The van der Waals surface area contributed by atoms with E-state index >= 15 is 4.57 Å². The van der Waals surface area contributed by atoms with Gasteiger partial charge in [0.25, 0.3) is 0 Å². The molecule has 5 aromatic carbocycles. The SMILES string of the molecule is Cc1cc(C)cc(P(=O)(c2cc(C)cc(C(F)(F)F)c2)c2cc3ccccc3c3ccccc23)c1. The Morgan fingerprint density at radius 3 is 1.74 bits per heavy atom. The average Bonchev–Trinajstić information content (AvgIpc) is 2.81. The molecule has 5 heteroatoms. The number of hydrogen-bond donors (Lipinski definition) is 0. The van der Waals surface area contributed by atoms with E-state index in [0.29, 0.717) is 16.2 Å². The van der Waals surface area contributed by atoms with Crippen molar-refractivity contribution in [2.75, 3.05) is 0 Å². The molecular weight excluding hydrogens is 464 g/mol. The summed E-state index contributed by atoms with van der Waals surface area (Å²) >= 11 is 0. The van der Waals surface area contributed by atoms with E-state index in [-0.39, 0.29) is 5.30 Å². The largest absolute Gasteiger partial charge is 0.416 e. The van der Waals surface area contributed by atoms with Crippen molar-refractivity contribution in [2.24, 2.45) is 0 Å². The van der Waals surface area contributed by atoms with Crippen LogP contribution in [0.5, 0.6) is 0 Å². The molecule has 0 bridgehead atoms. The van der Waals surface area contributed by atoms with Crippen LogP contribution in [-0.2, 0) is 10.7 Å². The van der Waals surface area contributed by atoms with Gasteiger partial charge in [-0.2, -0.15) is 13.2 Å². The van der Waals surface area contributed by atoms with Crippen LogP contribution in [0.2, 0.25) is 0 Å². The molecule has 0 spiro atoms. The molecule has 0 N–H and O–H groups in total. The molecule has 5 aromatic rings. The van der Waals surface area contributed by atoms with Gasteiger partial charge < -0.3 is 4.57 Å². The lowest BCUT2D eigenvalue weighted by Crippen LogP contribution is -2.27. The molecule has 1 atom stereocenters. The van der Waals surface area contributed by atoms with Crippen molar-refractivity contribution in [1.82, 2.24) is 0 Å². The molecule has 0 radical (unpaired) electrons. The summed E-state index contributed by atoms with van der Waals surface area (Å²) in [5, 5.41) is 4.89. The Kier molecular flexibility index (Phi) is 5.61. The monoisotopic (exact) mass is 488 g/mol. The number of fused-ring (bicyclic) bond motifs is 3. The number of aryl methyl sites for hydroxylation is 3. The zero-order chi connectivity index (χ0) is 25.0. The molecule has 1 nitrogen and oxygen atoms in total. The summed E-state index contributed by atoms with van der Waals surface area (Å²) in [7, 11) is -3.70. The molecular formula is C30H24F3OP. The van der Waals surface area contributed by atoms with Gasteiger partial charge >= 0.3 is 6.18 Å². The summed E-state index contributed by atoms with van der Waals surface area (Å²) in [5.74, 6) is 0. The van der Waals surface area contributed by atoms with Crippen LogP contribution in [0, 0.1) is 20.8 Å². The van der Waals surface area contributed by atoms with Crippen LogP contribution < -0.4 is 15.9 Å². The zero-order valence-corrected chi connectivity index (χ0v) is 20.5. The number of halogens is 3. The number of benzene rings is 5. The van der Waals surface area contributed by atoms with E-state index in [1.165, 1.54) is 0 Å². The molecule has 0 aliphatic heterocycles. The maximum atomic E-state index is 15.4. The molecule has 0 saturated heterocycles. The third kappa shape index (κ3) is 4.06. The second kappa shape index (κ2) is 8.39. The molecule has 0 saturated carbocycles. The summed E-state index contributed by atoms with van der Waals surface area (Å²) in [6.45, 7) is 5.44. The summed E-state index contributed by atoms with van der Waals surface area (Å²) < 4.78 is 57.0. The molecule has 35 heavy (non-hydrogen) atoms. The fourth-order valence-electron chi connectivity index (χ4n) is 4.96. The van der Waals surface area contributed by atoms with E-state index in [1.807, 2.05) is 86.6 Å². The minimum Gasteiger partial charge on any atom is -0.309 e. The predicted octanol–water partition coefficient (Wildman–Crippen LogP) is 7.58. The highest BCUT2D eigenvalue weighted by molar-refractivity contribution is 7.85. The maximum Gasteiger partial charge on any atom is 0.416 e. The number of rotatable bonds is 3. The van der Waals surface area contributed by atoms with Gasteiger partial charge in [-0.1, -0.05) is 65.7 Å². The normalized spacial score (nSPS) is 13.8. The van der Waals surface area contributed by atoms with E-state index in [1.54, 1.807) is 13.0 Å². The van der Waals surface area contributed by atoms with Crippen molar-refractivity contribution in [2.45, 2.75) is 26.9 Å². The highest BCUT2D eigenvalue weighted by atomic mass is 31.2. The zero-order valence-electron chi connectivity index (χ0n) is 19.6. The third-order valence-electron chi connectivity index (χ3n) is 6.41. The number of alkyl halides is 3. The molecule has 5 rings (SSSR count). The quantitative estimate of drug-likeness (QED) is 0.189. The van der Waals surface area contributed by atoms with Gasteiger partial charge in [-0.15, -0.1) is 0 Å². The van der Waals surface area contributed by atoms with Crippen LogP contribution in [0.15, 0.2) is 91.0 Å². The fraction of sp³-hybridized carbons (Fsp3) is 0.133. The van der Waals surface area contributed by atoms with Crippen LogP contribution in [-0.4, -0.2) is 0 Å². The van der Waals surface area contributed by atoms with Crippen LogP contribution in [0.25, 0.3) is 21.5 Å². The van der Waals surface area contributed by atoms with Gasteiger partial charge in [0.05, 0.1) is 5.56 Å². The molecule has 0 heterocycles. The lowest BCUT2D eigenvalue weighted by atomic mass is 10.0. The lowest BCUT2D eigenvalue weighted by Gasteiger charge is -2.25. The summed E-state index contributed by atoms with van der Waals surface area (Å²) in [6.07, 6.45) is -4.54. The second-order valence-electron chi connectivity index (χ2n) is 9.17. The van der Waals surface area contributed by atoms with Gasteiger partial charge in [-0.3, -0.25) is 0 Å². The van der Waals surface area contributed by atoms with E-state index in [9.17, 15) is 13.2 Å². The fourth-order valence-corrected chi connectivity index (χ4v) is 8.15. The Labute approximate surface area is 202 Å². The van der Waals surface area contributed by atoms with Gasteiger partial charge in [-0.05, 0) is 84.3 Å². The first-order valence-electron chi connectivity index (χ1n) is 11.4.